The molecule has 0 saturated carbocycles. The summed E-state index contributed by atoms with van der Waals surface area (Å²) in [5.41, 5.74) is 0. The van der Waals surface area contributed by atoms with E-state index in [0.717, 1.165) is 6.04 Å². The average molecular weight is 820 g/mol. The molecule has 350 valence electrons. The summed E-state index contributed by atoms with van der Waals surface area (Å²) >= 11 is 0. The summed E-state index contributed by atoms with van der Waals surface area (Å²) in [5, 5.41) is 0. The highest BCUT2D eigenvalue weighted by Gasteiger charge is 2.33. The predicted octanol–water partition coefficient (Wildman–Crippen LogP) is 19.1. The molecule has 0 saturated heterocycles. The van der Waals surface area contributed by atoms with Crippen LogP contribution in [0.2, 0.25) is 0 Å². The summed E-state index contributed by atoms with van der Waals surface area (Å²) in [6.07, 6.45) is 65.7. The number of quaternary nitrogens is 2. The van der Waals surface area contributed by atoms with Gasteiger partial charge in [0.15, 0.2) is 0 Å². The van der Waals surface area contributed by atoms with Crippen molar-refractivity contribution < 1.29 is 8.97 Å². The van der Waals surface area contributed by atoms with Gasteiger partial charge >= 0.3 is 0 Å². The summed E-state index contributed by atoms with van der Waals surface area (Å²) < 4.78 is 2.47. The largest absolute Gasteiger partial charge is 0.324 e. The first-order valence-electron chi connectivity index (χ1n) is 27.9. The van der Waals surface area contributed by atoms with E-state index in [-0.39, 0.29) is 0 Å². The number of hydrogen-bond donors (Lipinski definition) is 0. The smallest absolute Gasteiger partial charge is 0.138 e. The molecule has 0 aromatic rings. The molecule has 0 aromatic heterocycles. The lowest BCUT2D eigenvalue weighted by Gasteiger charge is -2.42. The molecule has 0 radical (unpaired) electrons. The maximum Gasteiger partial charge on any atom is 0.138 e. The van der Waals surface area contributed by atoms with Crippen LogP contribution in [0.3, 0.4) is 0 Å². The van der Waals surface area contributed by atoms with E-state index in [2.05, 4.69) is 49.0 Å². The van der Waals surface area contributed by atoms with E-state index < -0.39 is 0 Å². The Kier molecular flexibility index (Phi) is 44.9. The van der Waals surface area contributed by atoms with Crippen LogP contribution in [-0.4, -0.2) is 62.8 Å². The summed E-state index contributed by atoms with van der Waals surface area (Å²) in [4.78, 5) is 0. The number of unbranched alkanes of at least 4 members (excludes halogenated alkanes) is 41. The predicted molar refractivity (Wildman–Crippen MR) is 267 cm³/mol. The van der Waals surface area contributed by atoms with Crippen molar-refractivity contribution >= 4 is 0 Å². The maximum absolute atomic E-state index is 2.60. The van der Waals surface area contributed by atoms with Gasteiger partial charge in [-0.1, -0.05) is 271 Å². The van der Waals surface area contributed by atoms with Crippen LogP contribution < -0.4 is 0 Å². The van der Waals surface area contributed by atoms with Crippen LogP contribution in [0.15, 0.2) is 0 Å². The minimum atomic E-state index is 0.801. The normalized spacial score (nSPS) is 12.9. The van der Waals surface area contributed by atoms with Crippen LogP contribution in [0.1, 0.15) is 310 Å². The van der Waals surface area contributed by atoms with Crippen LogP contribution in [0, 0.1) is 0 Å². The van der Waals surface area contributed by atoms with Crippen molar-refractivity contribution in [2.24, 2.45) is 0 Å². The maximum atomic E-state index is 2.60. The minimum Gasteiger partial charge on any atom is -0.324 e. The zero-order valence-corrected chi connectivity index (χ0v) is 42.4. The van der Waals surface area contributed by atoms with Gasteiger partial charge in [-0.2, -0.15) is 0 Å². The number of hydrogen-bond acceptors (Lipinski definition) is 0. The van der Waals surface area contributed by atoms with Crippen LogP contribution in [-0.2, 0) is 0 Å². The molecule has 0 fully saturated rings. The van der Waals surface area contributed by atoms with Gasteiger partial charge in [0.1, 0.15) is 12.6 Å². The molecule has 0 aliphatic carbocycles. The van der Waals surface area contributed by atoms with Crippen LogP contribution in [0.4, 0.5) is 0 Å². The van der Waals surface area contributed by atoms with Crippen molar-refractivity contribution in [2.75, 3.05) is 47.8 Å². The standard InChI is InChI=1S/C56H118N2/c1-8-11-14-17-20-23-26-29-32-33-34-37-40-43-46-49-52-56(58(6,7)54-51-48-45-42-39-36-31-28-25-22-19-16-13-10-3)55-57(4,5)53-50-47-44-41-38-35-30-27-24-21-18-15-12-9-2/h56H,8-55H2,1-7H3/q+2. The van der Waals surface area contributed by atoms with E-state index in [1.165, 1.54) is 318 Å². The quantitative estimate of drug-likeness (QED) is 0.0424. The number of nitrogens with zero attached hydrogens (tertiary/aromatic N) is 2. The van der Waals surface area contributed by atoms with E-state index in [1.807, 2.05) is 0 Å². The Morgan fingerprint density at radius 1 is 0.241 bits per heavy atom. The third-order valence-corrected chi connectivity index (χ3v) is 14.3. The van der Waals surface area contributed by atoms with Crippen molar-refractivity contribution in [1.29, 1.82) is 0 Å². The van der Waals surface area contributed by atoms with E-state index in [0.29, 0.717) is 0 Å². The van der Waals surface area contributed by atoms with Gasteiger partial charge in [-0.15, -0.1) is 0 Å². The van der Waals surface area contributed by atoms with Gasteiger partial charge in [-0.3, -0.25) is 0 Å². The van der Waals surface area contributed by atoms with Crippen LogP contribution in [0.5, 0.6) is 0 Å². The molecule has 0 aliphatic heterocycles. The molecule has 58 heavy (non-hydrogen) atoms. The van der Waals surface area contributed by atoms with Gasteiger partial charge in [-0.25, -0.2) is 0 Å². The first-order chi connectivity index (χ1) is 28.3. The third-order valence-electron chi connectivity index (χ3n) is 14.3. The minimum absolute atomic E-state index is 0.801. The second kappa shape index (κ2) is 45.0. The second-order valence-corrected chi connectivity index (χ2v) is 21.3. The van der Waals surface area contributed by atoms with Gasteiger partial charge in [-0.05, 0) is 32.1 Å². The third kappa shape index (κ3) is 42.6. The Morgan fingerprint density at radius 3 is 0.707 bits per heavy atom. The first kappa shape index (κ1) is 57.9. The fourth-order valence-electron chi connectivity index (χ4n) is 9.88. The Balaban J connectivity index is 4.45. The fraction of sp³-hybridized carbons (Fsp3) is 1.00. The highest BCUT2D eigenvalue weighted by Crippen LogP contribution is 2.23. The summed E-state index contributed by atoms with van der Waals surface area (Å²) in [6, 6.07) is 0.801. The van der Waals surface area contributed by atoms with Crippen molar-refractivity contribution in [2.45, 2.75) is 316 Å². The van der Waals surface area contributed by atoms with Crippen molar-refractivity contribution in [3.05, 3.63) is 0 Å². The van der Waals surface area contributed by atoms with Crippen molar-refractivity contribution in [1.82, 2.24) is 0 Å². The highest BCUT2D eigenvalue weighted by molar-refractivity contribution is 4.62. The summed E-state index contributed by atoms with van der Waals surface area (Å²) in [5.74, 6) is 0. The molecule has 0 aliphatic rings. The topological polar surface area (TPSA) is 0 Å². The van der Waals surface area contributed by atoms with Gasteiger partial charge < -0.3 is 8.97 Å². The highest BCUT2D eigenvalue weighted by atomic mass is 15.4. The average Bonchev–Trinajstić information content (AvgIpc) is 3.20. The van der Waals surface area contributed by atoms with Crippen LogP contribution >= 0.6 is 0 Å². The Bertz CT molecular complexity index is 758. The molecule has 1 atom stereocenters. The molecule has 0 bridgehead atoms. The summed E-state index contributed by atoms with van der Waals surface area (Å²) in [7, 11) is 10.3. The monoisotopic (exact) mass is 819 g/mol. The molecule has 0 aromatic carbocycles. The zero-order valence-electron chi connectivity index (χ0n) is 42.4. The van der Waals surface area contributed by atoms with Crippen LogP contribution in [0.25, 0.3) is 0 Å². The van der Waals surface area contributed by atoms with Gasteiger partial charge in [0.25, 0.3) is 0 Å². The Morgan fingerprint density at radius 2 is 0.448 bits per heavy atom. The lowest BCUT2D eigenvalue weighted by Crippen LogP contribution is -2.58. The number of likely N-dealkylation sites (N-methyl/N-ethyl adjacent to an activating group) is 2. The van der Waals surface area contributed by atoms with E-state index in [4.69, 9.17) is 0 Å². The first-order valence-corrected chi connectivity index (χ1v) is 27.9. The van der Waals surface area contributed by atoms with Crippen molar-refractivity contribution in [3.63, 3.8) is 0 Å². The molecule has 0 rings (SSSR count). The molecule has 0 N–H and O–H groups in total. The van der Waals surface area contributed by atoms with E-state index in [9.17, 15) is 0 Å². The molecular formula is C56H118N2+2. The lowest BCUT2D eigenvalue weighted by atomic mass is 10.00. The van der Waals surface area contributed by atoms with Gasteiger partial charge in [0.2, 0.25) is 0 Å². The summed E-state index contributed by atoms with van der Waals surface area (Å²) in [6.45, 7) is 11.1. The molecule has 1 unspecified atom stereocenters. The van der Waals surface area contributed by atoms with Crippen molar-refractivity contribution in [3.8, 4) is 0 Å². The van der Waals surface area contributed by atoms with Gasteiger partial charge in [0, 0.05) is 6.42 Å². The fourth-order valence-corrected chi connectivity index (χ4v) is 9.88. The molecule has 2 nitrogen and oxygen atoms in total. The number of rotatable bonds is 50. The molecular weight excluding hydrogens is 701 g/mol. The second-order valence-electron chi connectivity index (χ2n) is 21.3. The lowest BCUT2D eigenvalue weighted by molar-refractivity contribution is -0.965. The molecule has 0 spiro atoms. The zero-order chi connectivity index (χ0) is 42.5. The van der Waals surface area contributed by atoms with E-state index >= 15 is 0 Å². The molecule has 0 amide bonds. The SMILES string of the molecule is CCCCCCCCCCCCCCCCCCC(C[N+](C)(C)CCCCCCCCCCCCCCCC)[N+](C)(C)CCCCCCCCCCCCCCCC. The molecule has 0 heterocycles. The Hall–Kier alpha value is -0.0800. The van der Waals surface area contributed by atoms with Gasteiger partial charge in [0.05, 0.1) is 41.3 Å². The van der Waals surface area contributed by atoms with E-state index in [1.54, 1.807) is 0 Å². The Labute approximate surface area is 371 Å². The molecule has 2 heteroatoms.